The third-order valence-corrected chi connectivity index (χ3v) is 5.25. The van der Waals surface area contributed by atoms with Crippen molar-refractivity contribution in [1.82, 2.24) is 20.0 Å². The van der Waals surface area contributed by atoms with E-state index in [1.165, 1.54) is 12.7 Å². The summed E-state index contributed by atoms with van der Waals surface area (Å²) in [5, 5.41) is 4.01. The summed E-state index contributed by atoms with van der Waals surface area (Å²) in [6, 6.07) is 0. The van der Waals surface area contributed by atoms with E-state index in [0.29, 0.717) is 30.6 Å². The average molecular weight is 346 g/mol. The van der Waals surface area contributed by atoms with E-state index in [4.69, 9.17) is 13.7 Å². The number of likely N-dealkylation sites (tertiary alicyclic amines) is 1. The number of hydrogen-bond donors (Lipinski definition) is 0. The molecule has 8 nitrogen and oxygen atoms in total. The van der Waals surface area contributed by atoms with Crippen LogP contribution in [-0.2, 0) is 11.2 Å². The van der Waals surface area contributed by atoms with Gasteiger partial charge in [0.05, 0.1) is 5.60 Å². The summed E-state index contributed by atoms with van der Waals surface area (Å²) in [7, 11) is 0. The van der Waals surface area contributed by atoms with Crippen molar-refractivity contribution in [2.75, 3.05) is 19.7 Å². The van der Waals surface area contributed by atoms with Crippen LogP contribution in [0.5, 0.6) is 0 Å². The molecule has 4 heterocycles. The third kappa shape index (κ3) is 3.44. The summed E-state index contributed by atoms with van der Waals surface area (Å²) in [4.78, 5) is 22.5. The molecule has 1 amide bonds. The van der Waals surface area contributed by atoms with Gasteiger partial charge in [0.15, 0.2) is 17.9 Å². The molecule has 0 saturated carbocycles. The smallest absolute Gasteiger partial charge is 0.275 e. The quantitative estimate of drug-likeness (QED) is 0.839. The Bertz CT molecular complexity index is 719. The second-order valence-electron chi connectivity index (χ2n) is 6.99. The van der Waals surface area contributed by atoms with Gasteiger partial charge in [-0.1, -0.05) is 5.16 Å². The van der Waals surface area contributed by atoms with Gasteiger partial charge in [-0.2, -0.15) is 4.98 Å². The Labute approximate surface area is 145 Å². The van der Waals surface area contributed by atoms with Crippen molar-refractivity contribution >= 4 is 5.91 Å². The third-order valence-electron chi connectivity index (χ3n) is 5.25. The number of carbonyl (C=O) groups is 1. The van der Waals surface area contributed by atoms with Gasteiger partial charge in [-0.3, -0.25) is 4.79 Å². The number of piperidine rings is 1. The Morgan fingerprint density at radius 1 is 1.40 bits per heavy atom. The Kier molecular flexibility index (Phi) is 4.29. The molecule has 2 aliphatic rings. The Morgan fingerprint density at radius 3 is 2.92 bits per heavy atom. The van der Waals surface area contributed by atoms with Crippen LogP contribution in [0, 0.1) is 12.8 Å². The number of rotatable bonds is 3. The number of hydrogen-bond acceptors (Lipinski definition) is 7. The molecule has 25 heavy (non-hydrogen) atoms. The highest BCUT2D eigenvalue weighted by molar-refractivity contribution is 5.91. The van der Waals surface area contributed by atoms with Gasteiger partial charge >= 0.3 is 0 Å². The monoisotopic (exact) mass is 346 g/mol. The fourth-order valence-electron chi connectivity index (χ4n) is 3.93. The van der Waals surface area contributed by atoms with Crippen LogP contribution in [0.4, 0.5) is 0 Å². The van der Waals surface area contributed by atoms with E-state index in [9.17, 15) is 4.79 Å². The predicted octanol–water partition coefficient (Wildman–Crippen LogP) is 2.01. The molecule has 2 saturated heterocycles. The molecule has 134 valence electrons. The molecule has 0 aromatic carbocycles. The highest BCUT2D eigenvalue weighted by Crippen LogP contribution is 2.38. The fraction of sp³-hybridized carbons (Fsp3) is 0.647. The van der Waals surface area contributed by atoms with Crippen molar-refractivity contribution in [3.05, 3.63) is 30.1 Å². The van der Waals surface area contributed by atoms with Crippen molar-refractivity contribution in [2.45, 2.75) is 44.6 Å². The predicted molar refractivity (Wildman–Crippen MR) is 85.8 cm³/mol. The normalized spacial score (nSPS) is 23.1. The molecule has 1 atom stereocenters. The second-order valence-corrected chi connectivity index (χ2v) is 6.99. The van der Waals surface area contributed by atoms with Gasteiger partial charge in [-0.25, -0.2) is 4.98 Å². The zero-order chi connectivity index (χ0) is 17.3. The van der Waals surface area contributed by atoms with Crippen molar-refractivity contribution in [3.8, 4) is 0 Å². The molecule has 0 N–H and O–H groups in total. The van der Waals surface area contributed by atoms with Crippen molar-refractivity contribution in [1.29, 1.82) is 0 Å². The molecule has 2 aromatic heterocycles. The Balaban J connectivity index is 1.36. The van der Waals surface area contributed by atoms with Crippen LogP contribution < -0.4 is 0 Å². The molecule has 1 spiro atoms. The summed E-state index contributed by atoms with van der Waals surface area (Å²) in [6.45, 7) is 3.92. The lowest BCUT2D eigenvalue weighted by molar-refractivity contribution is -0.123. The molecule has 4 rings (SSSR count). The number of aromatic nitrogens is 3. The van der Waals surface area contributed by atoms with Crippen LogP contribution in [0.15, 0.2) is 21.6 Å². The summed E-state index contributed by atoms with van der Waals surface area (Å²) in [6.07, 6.45) is 7.18. The zero-order valence-corrected chi connectivity index (χ0v) is 14.3. The van der Waals surface area contributed by atoms with E-state index >= 15 is 0 Å². The van der Waals surface area contributed by atoms with E-state index in [-0.39, 0.29) is 11.5 Å². The lowest BCUT2D eigenvalue weighted by atomic mass is 9.78. The Morgan fingerprint density at radius 2 is 2.24 bits per heavy atom. The molecule has 2 aliphatic heterocycles. The van der Waals surface area contributed by atoms with Crippen LogP contribution in [0.2, 0.25) is 0 Å². The number of ether oxygens (including phenoxy) is 1. The zero-order valence-electron chi connectivity index (χ0n) is 14.3. The topological polar surface area (TPSA) is 94.5 Å². The average Bonchev–Trinajstić information content (AvgIpc) is 3.27. The van der Waals surface area contributed by atoms with E-state index in [2.05, 4.69) is 15.1 Å². The summed E-state index contributed by atoms with van der Waals surface area (Å²) in [5.74, 6) is 1.80. The first kappa shape index (κ1) is 16.3. The number of carbonyl (C=O) groups excluding carboxylic acids is 1. The molecular weight excluding hydrogens is 324 g/mol. The van der Waals surface area contributed by atoms with Gasteiger partial charge in [0.2, 0.25) is 5.89 Å². The molecule has 0 aliphatic carbocycles. The lowest BCUT2D eigenvalue weighted by Crippen LogP contribution is -2.51. The summed E-state index contributed by atoms with van der Waals surface area (Å²) in [5.41, 5.74) is 0.230. The van der Waals surface area contributed by atoms with Crippen molar-refractivity contribution in [3.63, 3.8) is 0 Å². The molecule has 0 radical (unpaired) electrons. The molecule has 0 bridgehead atoms. The van der Waals surface area contributed by atoms with E-state index < -0.39 is 0 Å². The van der Waals surface area contributed by atoms with E-state index in [0.717, 1.165) is 44.5 Å². The number of amides is 1. The second kappa shape index (κ2) is 6.59. The maximum Gasteiger partial charge on any atom is 0.275 e. The van der Waals surface area contributed by atoms with Crippen LogP contribution >= 0.6 is 0 Å². The first-order valence-electron chi connectivity index (χ1n) is 8.74. The van der Waals surface area contributed by atoms with Gasteiger partial charge in [0.25, 0.3) is 5.91 Å². The molecular formula is C17H22N4O4. The van der Waals surface area contributed by atoms with Gasteiger partial charge in [0.1, 0.15) is 6.26 Å². The van der Waals surface area contributed by atoms with Crippen LogP contribution in [0.25, 0.3) is 0 Å². The molecule has 2 aromatic rings. The van der Waals surface area contributed by atoms with Crippen LogP contribution in [0.3, 0.4) is 0 Å². The number of nitrogens with zero attached hydrogens (tertiary/aromatic N) is 4. The summed E-state index contributed by atoms with van der Waals surface area (Å²) < 4.78 is 16.1. The maximum absolute atomic E-state index is 12.4. The number of aryl methyl sites for hydroxylation is 1. The van der Waals surface area contributed by atoms with Gasteiger partial charge < -0.3 is 18.6 Å². The van der Waals surface area contributed by atoms with E-state index in [1.807, 2.05) is 11.8 Å². The highest BCUT2D eigenvalue weighted by Gasteiger charge is 2.41. The van der Waals surface area contributed by atoms with Crippen LogP contribution in [0.1, 0.15) is 47.9 Å². The maximum atomic E-state index is 12.4. The minimum atomic E-state index is -0.137. The first-order valence-corrected chi connectivity index (χ1v) is 8.74. The molecule has 8 heteroatoms. The van der Waals surface area contributed by atoms with Gasteiger partial charge in [-0.15, -0.1) is 0 Å². The lowest BCUT2D eigenvalue weighted by Gasteiger charge is -2.46. The number of oxazole rings is 1. The molecule has 2 fully saturated rings. The minimum absolute atomic E-state index is 0.0711. The van der Waals surface area contributed by atoms with Crippen molar-refractivity contribution < 1.29 is 18.5 Å². The first-order chi connectivity index (χ1) is 12.1. The fourth-order valence-corrected chi connectivity index (χ4v) is 3.93. The molecule has 1 unspecified atom stereocenters. The van der Waals surface area contributed by atoms with Gasteiger partial charge in [0, 0.05) is 33.0 Å². The van der Waals surface area contributed by atoms with Crippen molar-refractivity contribution in [2.24, 2.45) is 5.92 Å². The van der Waals surface area contributed by atoms with E-state index in [1.54, 1.807) is 0 Å². The standard InChI is InChI=1S/C17H22N4O4/c1-12-19-15(20-25-12)8-13-2-7-24-17(9-13)3-5-21(6-4-17)16(22)14-10-23-11-18-14/h10-11,13H,2-9H2,1H3. The largest absolute Gasteiger partial charge is 0.451 e. The van der Waals surface area contributed by atoms with Crippen LogP contribution in [-0.4, -0.2) is 51.2 Å². The highest BCUT2D eigenvalue weighted by atomic mass is 16.5. The summed E-state index contributed by atoms with van der Waals surface area (Å²) >= 11 is 0. The minimum Gasteiger partial charge on any atom is -0.451 e. The SMILES string of the molecule is Cc1nc(CC2CCOC3(CCN(C(=O)c4cocn4)CC3)C2)no1. The van der Waals surface area contributed by atoms with Gasteiger partial charge in [-0.05, 0) is 31.6 Å². The Hall–Kier alpha value is -2.22.